The fraction of sp³-hybridized carbons (Fsp3) is 0.133. The molecule has 0 bridgehead atoms. The first-order chi connectivity index (χ1) is 17.6. The van der Waals surface area contributed by atoms with Crippen LogP contribution >= 0.6 is 15.9 Å². The van der Waals surface area contributed by atoms with Crippen LogP contribution in [0.25, 0.3) is 11.1 Å². The number of halogens is 1. The van der Waals surface area contributed by atoms with Crippen LogP contribution < -0.4 is 9.47 Å². The molecule has 182 valence electrons. The van der Waals surface area contributed by atoms with Crippen molar-refractivity contribution in [2.45, 2.75) is 12.8 Å². The second kappa shape index (κ2) is 12.7. The fourth-order valence-electron chi connectivity index (χ4n) is 3.58. The minimum atomic E-state index is -0.581. The van der Waals surface area contributed by atoms with E-state index < -0.39 is 11.9 Å². The summed E-state index contributed by atoms with van der Waals surface area (Å²) in [5.74, 6) is -0.262. The number of esters is 2. The number of hydrogen-bond acceptors (Lipinski definition) is 5. The molecule has 4 aromatic carbocycles. The van der Waals surface area contributed by atoms with Gasteiger partial charge in [-0.15, -0.1) is 0 Å². The van der Waals surface area contributed by atoms with Gasteiger partial charge >= 0.3 is 11.9 Å². The van der Waals surface area contributed by atoms with Gasteiger partial charge in [0, 0.05) is 0 Å². The third-order valence-corrected chi connectivity index (χ3v) is 5.99. The molecule has 4 aromatic rings. The van der Waals surface area contributed by atoms with Crippen molar-refractivity contribution in [3.05, 3.63) is 119 Å². The molecule has 0 amide bonds. The normalized spacial score (nSPS) is 10.5. The van der Waals surface area contributed by atoms with Crippen molar-refractivity contribution in [1.82, 2.24) is 0 Å². The van der Waals surface area contributed by atoms with Crippen LogP contribution in [0.4, 0.5) is 0 Å². The summed E-state index contributed by atoms with van der Waals surface area (Å²) in [6, 6.07) is 32.0. The molecular formula is C30H25BrO5. The number of aryl methyl sites for hydroxylation is 1. The van der Waals surface area contributed by atoms with E-state index in [-0.39, 0.29) is 12.4 Å². The Hall–Kier alpha value is -3.90. The van der Waals surface area contributed by atoms with Gasteiger partial charge in [-0.25, -0.2) is 9.59 Å². The number of benzene rings is 4. The van der Waals surface area contributed by atoms with Crippen LogP contribution in [-0.2, 0) is 16.0 Å². The topological polar surface area (TPSA) is 61.8 Å². The summed E-state index contributed by atoms with van der Waals surface area (Å²) >= 11 is 3.50. The molecule has 0 atom stereocenters. The van der Waals surface area contributed by atoms with Crippen molar-refractivity contribution in [2.75, 3.05) is 13.2 Å². The molecule has 0 fully saturated rings. The molecule has 0 aromatic heterocycles. The molecule has 0 N–H and O–H groups in total. The van der Waals surface area contributed by atoms with Crippen molar-refractivity contribution in [3.8, 4) is 22.6 Å². The maximum Gasteiger partial charge on any atom is 0.349 e. The second-order valence-electron chi connectivity index (χ2n) is 8.03. The van der Waals surface area contributed by atoms with Crippen LogP contribution in [-0.4, -0.2) is 25.2 Å². The summed E-state index contributed by atoms with van der Waals surface area (Å²) in [5, 5.41) is 0. The predicted molar refractivity (Wildman–Crippen MR) is 142 cm³/mol. The van der Waals surface area contributed by atoms with Crippen LogP contribution in [0.3, 0.4) is 0 Å². The molecule has 4 rings (SSSR count). The lowest BCUT2D eigenvalue weighted by atomic mass is 10.1. The Morgan fingerprint density at radius 3 is 2.25 bits per heavy atom. The molecule has 0 saturated carbocycles. The van der Waals surface area contributed by atoms with E-state index in [1.54, 1.807) is 24.3 Å². The molecule has 0 spiro atoms. The average Bonchev–Trinajstić information content (AvgIpc) is 2.91. The van der Waals surface area contributed by atoms with Gasteiger partial charge in [0.15, 0.2) is 6.61 Å². The number of carbonyl (C=O) groups excluding carboxylic acids is 2. The summed E-state index contributed by atoms with van der Waals surface area (Å²) in [6.45, 7) is 0.0287. The highest BCUT2D eigenvalue weighted by Gasteiger charge is 2.12. The Morgan fingerprint density at radius 2 is 1.50 bits per heavy atom. The lowest BCUT2D eigenvalue weighted by molar-refractivity contribution is -0.136. The quantitative estimate of drug-likeness (QED) is 0.123. The standard InChI is InChI=1S/C30H25BrO5/c31-27-20-24(23-12-5-2-6-13-23)16-17-28(27)35-21-29(32)36-26-15-7-14-25(19-26)30(33)34-18-8-11-22-9-3-1-4-10-22/h1-7,9-10,12-17,19-20H,8,11,18,21H2. The highest BCUT2D eigenvalue weighted by molar-refractivity contribution is 9.10. The van der Waals surface area contributed by atoms with Crippen molar-refractivity contribution in [2.24, 2.45) is 0 Å². The molecule has 5 nitrogen and oxygen atoms in total. The van der Waals surface area contributed by atoms with E-state index >= 15 is 0 Å². The molecule has 0 heterocycles. The van der Waals surface area contributed by atoms with E-state index in [9.17, 15) is 9.59 Å². The van der Waals surface area contributed by atoms with Crippen LogP contribution in [0.15, 0.2) is 108 Å². The van der Waals surface area contributed by atoms with E-state index in [2.05, 4.69) is 15.9 Å². The monoisotopic (exact) mass is 544 g/mol. The minimum Gasteiger partial charge on any atom is -0.481 e. The van der Waals surface area contributed by atoms with E-state index in [1.807, 2.05) is 72.8 Å². The summed E-state index contributed by atoms with van der Waals surface area (Å²) < 4.78 is 17.1. The van der Waals surface area contributed by atoms with Gasteiger partial charge < -0.3 is 14.2 Å². The minimum absolute atomic E-state index is 0.251. The maximum absolute atomic E-state index is 12.4. The maximum atomic E-state index is 12.4. The third-order valence-electron chi connectivity index (χ3n) is 5.37. The largest absolute Gasteiger partial charge is 0.481 e. The zero-order valence-corrected chi connectivity index (χ0v) is 21.1. The van der Waals surface area contributed by atoms with E-state index in [4.69, 9.17) is 14.2 Å². The van der Waals surface area contributed by atoms with Crippen LogP contribution in [0.2, 0.25) is 0 Å². The number of rotatable bonds is 10. The number of carbonyl (C=O) groups is 2. The molecule has 0 radical (unpaired) electrons. The smallest absolute Gasteiger partial charge is 0.349 e. The van der Waals surface area contributed by atoms with Crippen LogP contribution in [0, 0.1) is 0 Å². The number of ether oxygens (including phenoxy) is 3. The Kier molecular flexibility index (Phi) is 8.89. The van der Waals surface area contributed by atoms with Crippen LogP contribution in [0.1, 0.15) is 22.3 Å². The van der Waals surface area contributed by atoms with E-state index in [0.29, 0.717) is 17.9 Å². The summed E-state index contributed by atoms with van der Waals surface area (Å²) in [4.78, 5) is 24.7. The van der Waals surface area contributed by atoms with Gasteiger partial charge in [0.25, 0.3) is 0 Å². The molecular weight excluding hydrogens is 520 g/mol. The zero-order chi connectivity index (χ0) is 25.2. The summed E-state index contributed by atoms with van der Waals surface area (Å²) in [6.07, 6.45) is 1.56. The molecule has 6 heteroatoms. The van der Waals surface area contributed by atoms with Crippen LogP contribution in [0.5, 0.6) is 11.5 Å². The lowest BCUT2D eigenvalue weighted by Crippen LogP contribution is -2.18. The predicted octanol–water partition coefficient (Wildman–Crippen LogP) is 6.89. The Morgan fingerprint density at radius 1 is 0.750 bits per heavy atom. The Bertz CT molecular complexity index is 1310. The second-order valence-corrected chi connectivity index (χ2v) is 8.88. The summed E-state index contributed by atoms with van der Waals surface area (Å²) in [7, 11) is 0. The van der Waals surface area contributed by atoms with Gasteiger partial charge in [0.2, 0.25) is 0 Å². The van der Waals surface area contributed by atoms with Gasteiger partial charge in [-0.05, 0) is 75.8 Å². The average molecular weight is 545 g/mol. The Balaban J connectivity index is 1.25. The number of hydrogen-bond donors (Lipinski definition) is 0. The van der Waals surface area contributed by atoms with Crippen molar-refractivity contribution >= 4 is 27.9 Å². The van der Waals surface area contributed by atoms with Crippen molar-refractivity contribution < 1.29 is 23.8 Å². The van der Waals surface area contributed by atoms with Crippen molar-refractivity contribution in [1.29, 1.82) is 0 Å². The fourth-order valence-corrected chi connectivity index (χ4v) is 4.07. The molecule has 36 heavy (non-hydrogen) atoms. The molecule has 0 aliphatic carbocycles. The highest BCUT2D eigenvalue weighted by atomic mass is 79.9. The first-order valence-corrected chi connectivity index (χ1v) is 12.4. The molecule has 0 unspecified atom stereocenters. The molecule has 0 saturated heterocycles. The van der Waals surface area contributed by atoms with E-state index in [1.165, 1.54) is 11.6 Å². The van der Waals surface area contributed by atoms with Gasteiger partial charge in [0.1, 0.15) is 11.5 Å². The van der Waals surface area contributed by atoms with Crippen molar-refractivity contribution in [3.63, 3.8) is 0 Å². The SMILES string of the molecule is O=C(COc1ccc(-c2ccccc2)cc1Br)Oc1cccc(C(=O)OCCCc2ccccc2)c1. The first kappa shape index (κ1) is 25.2. The van der Waals surface area contributed by atoms with E-state index in [0.717, 1.165) is 28.4 Å². The Labute approximate surface area is 218 Å². The molecule has 0 aliphatic rings. The van der Waals surface area contributed by atoms with Gasteiger partial charge in [-0.3, -0.25) is 0 Å². The lowest BCUT2D eigenvalue weighted by Gasteiger charge is -2.10. The first-order valence-electron chi connectivity index (χ1n) is 11.6. The zero-order valence-electron chi connectivity index (χ0n) is 19.6. The van der Waals surface area contributed by atoms with Gasteiger partial charge in [-0.2, -0.15) is 0 Å². The third kappa shape index (κ3) is 7.30. The van der Waals surface area contributed by atoms with Gasteiger partial charge in [0.05, 0.1) is 16.6 Å². The highest BCUT2D eigenvalue weighted by Crippen LogP contribution is 2.30. The van der Waals surface area contributed by atoms with Gasteiger partial charge in [-0.1, -0.05) is 72.8 Å². The summed E-state index contributed by atoms with van der Waals surface area (Å²) in [5.41, 5.74) is 3.63. The molecule has 0 aliphatic heterocycles.